The third-order valence-electron chi connectivity index (χ3n) is 2.11. The average molecular weight is 192 g/mol. The zero-order chi connectivity index (χ0) is 10.4. The minimum Gasteiger partial charge on any atom is -0.373 e. The van der Waals surface area contributed by atoms with E-state index in [1.807, 2.05) is 20.2 Å². The summed E-state index contributed by atoms with van der Waals surface area (Å²) in [7, 11) is 1.86. The Labute approximate surface area is 84.6 Å². The Morgan fingerprint density at radius 2 is 2.36 bits per heavy atom. The molecule has 0 fully saturated rings. The molecule has 1 aromatic rings. The van der Waals surface area contributed by atoms with Gasteiger partial charge in [0.05, 0.1) is 0 Å². The fourth-order valence-corrected chi connectivity index (χ4v) is 1.42. The molecule has 0 unspecified atom stereocenters. The Bertz CT molecular complexity index is 310. The monoisotopic (exact) mass is 192 g/mol. The van der Waals surface area contributed by atoms with Crippen LogP contribution in [0.5, 0.6) is 0 Å². The number of pyridine rings is 1. The van der Waals surface area contributed by atoms with Crippen molar-refractivity contribution in [1.82, 2.24) is 4.98 Å². The molecule has 0 saturated carbocycles. The minimum atomic E-state index is 0.622. The number of hydrogen-bond donors (Lipinski definition) is 1. The molecular weight excluding hydrogens is 176 g/mol. The molecule has 0 bridgehead atoms. The number of nitrogens with one attached hydrogen (secondary N) is 1. The summed E-state index contributed by atoms with van der Waals surface area (Å²) in [5.41, 5.74) is 2.35. The second kappa shape index (κ2) is 5.37. The van der Waals surface area contributed by atoms with Gasteiger partial charge in [-0.1, -0.05) is 6.07 Å². The highest BCUT2D eigenvalue weighted by Gasteiger charge is 2.02. The third kappa shape index (κ3) is 2.83. The quantitative estimate of drug-likeness (QED) is 0.572. The third-order valence-corrected chi connectivity index (χ3v) is 2.11. The van der Waals surface area contributed by atoms with Crippen LogP contribution in [0.2, 0.25) is 0 Å². The standard InChI is InChI=1S/C11H16N2O/c1-9-7-10(5-3-4-6-14)11(12-2)13-8-9/h6-8H,3-5H2,1-2H3,(H,12,13). The van der Waals surface area contributed by atoms with E-state index in [2.05, 4.69) is 16.4 Å². The Morgan fingerprint density at radius 3 is 3.00 bits per heavy atom. The lowest BCUT2D eigenvalue weighted by molar-refractivity contribution is -0.107. The highest BCUT2D eigenvalue weighted by Crippen LogP contribution is 2.15. The first kappa shape index (κ1) is 10.7. The Morgan fingerprint density at radius 1 is 1.57 bits per heavy atom. The van der Waals surface area contributed by atoms with Crippen molar-refractivity contribution in [3.8, 4) is 0 Å². The van der Waals surface area contributed by atoms with E-state index in [0.29, 0.717) is 6.42 Å². The number of aryl methyl sites for hydroxylation is 2. The van der Waals surface area contributed by atoms with Gasteiger partial charge in [0.1, 0.15) is 12.1 Å². The zero-order valence-corrected chi connectivity index (χ0v) is 8.71. The van der Waals surface area contributed by atoms with E-state index in [9.17, 15) is 4.79 Å². The number of hydrogen-bond acceptors (Lipinski definition) is 3. The summed E-state index contributed by atoms with van der Waals surface area (Å²) in [6.07, 6.45) is 5.22. The zero-order valence-electron chi connectivity index (χ0n) is 8.71. The Balaban J connectivity index is 2.71. The van der Waals surface area contributed by atoms with Gasteiger partial charge in [-0.25, -0.2) is 4.98 Å². The summed E-state index contributed by atoms with van der Waals surface area (Å²) < 4.78 is 0. The molecular formula is C11H16N2O. The number of rotatable bonds is 5. The van der Waals surface area contributed by atoms with Gasteiger partial charge in [-0.05, 0) is 30.9 Å². The van der Waals surface area contributed by atoms with Crippen molar-refractivity contribution >= 4 is 12.1 Å². The topological polar surface area (TPSA) is 42.0 Å². The molecule has 0 aliphatic carbocycles. The van der Waals surface area contributed by atoms with Gasteiger partial charge in [0.2, 0.25) is 0 Å². The van der Waals surface area contributed by atoms with E-state index in [1.165, 1.54) is 5.56 Å². The van der Waals surface area contributed by atoms with Crippen LogP contribution in [0.25, 0.3) is 0 Å². The predicted octanol–water partition coefficient (Wildman–Crippen LogP) is 1.95. The van der Waals surface area contributed by atoms with Crippen molar-refractivity contribution in [2.75, 3.05) is 12.4 Å². The van der Waals surface area contributed by atoms with Crippen LogP contribution < -0.4 is 5.32 Å². The SMILES string of the molecule is CNc1ncc(C)cc1CCCC=O. The molecule has 3 nitrogen and oxygen atoms in total. The van der Waals surface area contributed by atoms with E-state index in [-0.39, 0.29) is 0 Å². The molecule has 3 heteroatoms. The summed E-state index contributed by atoms with van der Waals surface area (Å²) >= 11 is 0. The lowest BCUT2D eigenvalue weighted by atomic mass is 10.1. The van der Waals surface area contributed by atoms with E-state index in [0.717, 1.165) is 30.5 Å². The number of anilines is 1. The first-order chi connectivity index (χ1) is 6.77. The molecule has 0 aliphatic rings. The molecule has 14 heavy (non-hydrogen) atoms. The summed E-state index contributed by atoms with van der Waals surface area (Å²) in [5.74, 6) is 0.918. The van der Waals surface area contributed by atoms with Crippen LogP contribution in [0.1, 0.15) is 24.0 Å². The number of carbonyl (C=O) groups excluding carboxylic acids is 1. The fraction of sp³-hybridized carbons (Fsp3) is 0.455. The average Bonchev–Trinajstić information content (AvgIpc) is 2.19. The van der Waals surface area contributed by atoms with Crippen molar-refractivity contribution in [3.05, 3.63) is 23.4 Å². The normalized spacial score (nSPS) is 9.86. The van der Waals surface area contributed by atoms with Gasteiger partial charge in [-0.2, -0.15) is 0 Å². The molecule has 0 amide bonds. The Kier molecular flexibility index (Phi) is 4.11. The van der Waals surface area contributed by atoms with E-state index in [4.69, 9.17) is 0 Å². The lowest BCUT2D eigenvalue weighted by Gasteiger charge is -2.07. The smallest absolute Gasteiger partial charge is 0.128 e. The molecule has 0 atom stereocenters. The molecule has 76 valence electrons. The van der Waals surface area contributed by atoms with E-state index >= 15 is 0 Å². The number of carbonyl (C=O) groups is 1. The molecule has 0 aromatic carbocycles. The molecule has 1 rings (SSSR count). The number of aldehydes is 1. The predicted molar refractivity (Wildman–Crippen MR) is 57.5 cm³/mol. The summed E-state index contributed by atoms with van der Waals surface area (Å²) in [6.45, 7) is 2.02. The summed E-state index contributed by atoms with van der Waals surface area (Å²) in [5, 5.41) is 3.05. The highest BCUT2D eigenvalue weighted by molar-refractivity contribution is 5.50. The van der Waals surface area contributed by atoms with Crippen LogP contribution in [-0.2, 0) is 11.2 Å². The molecule has 0 saturated heterocycles. The van der Waals surface area contributed by atoms with Gasteiger partial charge in [-0.15, -0.1) is 0 Å². The molecule has 1 heterocycles. The minimum absolute atomic E-state index is 0.622. The van der Waals surface area contributed by atoms with Crippen molar-refractivity contribution < 1.29 is 4.79 Å². The van der Waals surface area contributed by atoms with Gasteiger partial charge in [0.25, 0.3) is 0 Å². The van der Waals surface area contributed by atoms with Crippen LogP contribution >= 0.6 is 0 Å². The maximum Gasteiger partial charge on any atom is 0.128 e. The van der Waals surface area contributed by atoms with Crippen LogP contribution in [0.3, 0.4) is 0 Å². The van der Waals surface area contributed by atoms with Gasteiger partial charge in [-0.3, -0.25) is 0 Å². The lowest BCUT2D eigenvalue weighted by Crippen LogP contribution is -1.99. The first-order valence-corrected chi connectivity index (χ1v) is 4.85. The second-order valence-corrected chi connectivity index (χ2v) is 3.33. The molecule has 0 radical (unpaired) electrons. The Hall–Kier alpha value is -1.38. The van der Waals surface area contributed by atoms with Crippen molar-refractivity contribution in [1.29, 1.82) is 0 Å². The largest absolute Gasteiger partial charge is 0.373 e. The van der Waals surface area contributed by atoms with Crippen molar-refractivity contribution in [2.45, 2.75) is 26.2 Å². The molecule has 1 N–H and O–H groups in total. The van der Waals surface area contributed by atoms with Crippen LogP contribution in [0, 0.1) is 6.92 Å². The highest BCUT2D eigenvalue weighted by atomic mass is 16.1. The van der Waals surface area contributed by atoms with Gasteiger partial charge >= 0.3 is 0 Å². The van der Waals surface area contributed by atoms with Crippen LogP contribution in [0.15, 0.2) is 12.3 Å². The maximum absolute atomic E-state index is 10.2. The van der Waals surface area contributed by atoms with E-state index < -0.39 is 0 Å². The van der Waals surface area contributed by atoms with Crippen LogP contribution in [0.4, 0.5) is 5.82 Å². The molecule has 0 spiro atoms. The van der Waals surface area contributed by atoms with Crippen molar-refractivity contribution in [2.24, 2.45) is 0 Å². The van der Waals surface area contributed by atoms with Gasteiger partial charge < -0.3 is 10.1 Å². The molecule has 1 aromatic heterocycles. The first-order valence-electron chi connectivity index (χ1n) is 4.85. The fourth-order valence-electron chi connectivity index (χ4n) is 1.42. The van der Waals surface area contributed by atoms with Crippen LogP contribution in [-0.4, -0.2) is 18.3 Å². The summed E-state index contributed by atoms with van der Waals surface area (Å²) in [4.78, 5) is 14.5. The second-order valence-electron chi connectivity index (χ2n) is 3.33. The van der Waals surface area contributed by atoms with E-state index in [1.54, 1.807) is 0 Å². The van der Waals surface area contributed by atoms with Gasteiger partial charge in [0, 0.05) is 19.7 Å². The number of nitrogens with zero attached hydrogens (tertiary/aromatic N) is 1. The molecule has 0 aliphatic heterocycles. The van der Waals surface area contributed by atoms with Crippen molar-refractivity contribution in [3.63, 3.8) is 0 Å². The number of aromatic nitrogens is 1. The summed E-state index contributed by atoms with van der Waals surface area (Å²) in [6, 6.07) is 2.11. The maximum atomic E-state index is 10.2. The number of unbranched alkanes of at least 4 members (excludes halogenated alkanes) is 1. The van der Waals surface area contributed by atoms with Gasteiger partial charge in [0.15, 0.2) is 0 Å².